The fraction of sp³-hybridized carbons (Fsp3) is 0.200. The maximum absolute atomic E-state index is 12.6. The van der Waals surface area contributed by atoms with Crippen LogP contribution in [0, 0.1) is 11.3 Å². The molecule has 0 fully saturated rings. The van der Waals surface area contributed by atoms with Gasteiger partial charge in [0.15, 0.2) is 0 Å². The summed E-state index contributed by atoms with van der Waals surface area (Å²) in [5, 5.41) is 8.76. The molecule has 0 aromatic carbocycles. The van der Waals surface area contributed by atoms with E-state index >= 15 is 0 Å². The second kappa shape index (κ2) is 7.50. The minimum Gasteiger partial charge on any atom is -0.332 e. The van der Waals surface area contributed by atoms with Gasteiger partial charge in [0.1, 0.15) is 5.69 Å². The average molecular weight is 345 g/mol. The summed E-state index contributed by atoms with van der Waals surface area (Å²) >= 11 is 3.33. The zero-order valence-electron chi connectivity index (χ0n) is 11.2. The first-order chi connectivity index (χ1) is 10.2. The molecule has 6 heteroatoms. The Morgan fingerprint density at radius 2 is 2.14 bits per heavy atom. The van der Waals surface area contributed by atoms with Crippen molar-refractivity contribution in [1.82, 2.24) is 14.9 Å². The van der Waals surface area contributed by atoms with Gasteiger partial charge in [-0.3, -0.25) is 9.78 Å². The molecule has 0 aliphatic heterocycles. The van der Waals surface area contributed by atoms with Crippen LogP contribution in [0.1, 0.15) is 22.5 Å². The smallest absolute Gasteiger partial charge is 0.273 e. The van der Waals surface area contributed by atoms with E-state index in [2.05, 4.69) is 32.0 Å². The van der Waals surface area contributed by atoms with Crippen LogP contribution in [-0.4, -0.2) is 27.3 Å². The van der Waals surface area contributed by atoms with Crippen LogP contribution in [0.4, 0.5) is 0 Å². The minimum atomic E-state index is -0.207. The zero-order chi connectivity index (χ0) is 15.1. The molecule has 106 valence electrons. The van der Waals surface area contributed by atoms with Crippen molar-refractivity contribution in [2.75, 3.05) is 6.54 Å². The molecule has 0 unspecified atom stereocenters. The SMILES string of the molecule is N#CCCN(Cc1cccnc1)C(=O)c1ncccc1Br. The van der Waals surface area contributed by atoms with E-state index in [1.54, 1.807) is 35.6 Å². The molecule has 5 nitrogen and oxygen atoms in total. The van der Waals surface area contributed by atoms with Gasteiger partial charge in [0.25, 0.3) is 5.91 Å². The number of rotatable bonds is 5. The van der Waals surface area contributed by atoms with E-state index in [4.69, 9.17) is 5.26 Å². The van der Waals surface area contributed by atoms with Crippen LogP contribution < -0.4 is 0 Å². The number of nitrogens with zero attached hydrogens (tertiary/aromatic N) is 4. The third-order valence-corrected chi connectivity index (χ3v) is 3.48. The second-order valence-corrected chi connectivity index (χ2v) is 5.18. The van der Waals surface area contributed by atoms with Crippen molar-refractivity contribution < 1.29 is 4.79 Å². The monoisotopic (exact) mass is 344 g/mol. The maximum atomic E-state index is 12.6. The summed E-state index contributed by atoms with van der Waals surface area (Å²) in [5.74, 6) is -0.207. The Bertz CT molecular complexity index is 654. The van der Waals surface area contributed by atoms with Gasteiger partial charge in [0, 0.05) is 36.2 Å². The van der Waals surface area contributed by atoms with Crippen molar-refractivity contribution in [1.29, 1.82) is 5.26 Å². The highest BCUT2D eigenvalue weighted by Gasteiger charge is 2.19. The molecule has 0 aliphatic carbocycles. The van der Waals surface area contributed by atoms with E-state index < -0.39 is 0 Å². The van der Waals surface area contributed by atoms with Crippen LogP contribution in [0.2, 0.25) is 0 Å². The summed E-state index contributed by atoms with van der Waals surface area (Å²) in [4.78, 5) is 22.3. The summed E-state index contributed by atoms with van der Waals surface area (Å²) < 4.78 is 0.642. The first kappa shape index (κ1) is 15.1. The molecular formula is C15H13BrN4O. The van der Waals surface area contributed by atoms with Crippen LogP contribution in [-0.2, 0) is 6.54 Å². The number of carbonyl (C=O) groups is 1. The van der Waals surface area contributed by atoms with Gasteiger partial charge < -0.3 is 4.90 Å². The van der Waals surface area contributed by atoms with E-state index in [-0.39, 0.29) is 12.3 Å². The van der Waals surface area contributed by atoms with Crippen molar-refractivity contribution in [2.24, 2.45) is 0 Å². The minimum absolute atomic E-state index is 0.207. The molecule has 2 aromatic heterocycles. The first-order valence-electron chi connectivity index (χ1n) is 6.38. The van der Waals surface area contributed by atoms with Crippen molar-refractivity contribution in [3.63, 3.8) is 0 Å². The third kappa shape index (κ3) is 4.10. The van der Waals surface area contributed by atoms with Gasteiger partial charge in [-0.05, 0) is 39.7 Å². The Balaban J connectivity index is 2.21. The van der Waals surface area contributed by atoms with Gasteiger partial charge in [-0.2, -0.15) is 5.26 Å². The van der Waals surface area contributed by atoms with Gasteiger partial charge >= 0.3 is 0 Å². The molecule has 2 aromatic rings. The first-order valence-corrected chi connectivity index (χ1v) is 7.17. The number of nitriles is 1. The molecule has 2 heterocycles. The highest BCUT2D eigenvalue weighted by Crippen LogP contribution is 2.17. The molecular weight excluding hydrogens is 332 g/mol. The predicted octanol–water partition coefficient (Wildman–Crippen LogP) is 2.80. The number of amides is 1. The highest BCUT2D eigenvalue weighted by atomic mass is 79.9. The molecule has 2 rings (SSSR count). The maximum Gasteiger partial charge on any atom is 0.273 e. The lowest BCUT2D eigenvalue weighted by Gasteiger charge is -2.21. The van der Waals surface area contributed by atoms with Crippen LogP contribution in [0.3, 0.4) is 0 Å². The molecule has 0 aliphatic rings. The van der Waals surface area contributed by atoms with Crippen LogP contribution in [0.5, 0.6) is 0 Å². The number of pyridine rings is 2. The van der Waals surface area contributed by atoms with Crippen LogP contribution in [0.15, 0.2) is 47.3 Å². The molecule has 0 N–H and O–H groups in total. The lowest BCUT2D eigenvalue weighted by Crippen LogP contribution is -2.32. The molecule has 0 spiro atoms. The lowest BCUT2D eigenvalue weighted by molar-refractivity contribution is 0.0740. The largest absolute Gasteiger partial charge is 0.332 e. The van der Waals surface area contributed by atoms with Crippen molar-refractivity contribution >= 4 is 21.8 Å². The molecule has 0 bridgehead atoms. The number of carbonyl (C=O) groups excluding carboxylic acids is 1. The third-order valence-electron chi connectivity index (χ3n) is 2.84. The summed E-state index contributed by atoms with van der Waals surface area (Å²) in [6.07, 6.45) is 5.24. The zero-order valence-corrected chi connectivity index (χ0v) is 12.8. The van der Waals surface area contributed by atoms with E-state index in [1.807, 2.05) is 12.1 Å². The number of hydrogen-bond donors (Lipinski definition) is 0. The Kier molecular flexibility index (Phi) is 5.41. The number of halogens is 1. The lowest BCUT2D eigenvalue weighted by atomic mass is 10.2. The quantitative estimate of drug-likeness (QED) is 0.836. The van der Waals surface area contributed by atoms with Crippen molar-refractivity contribution in [2.45, 2.75) is 13.0 Å². The van der Waals surface area contributed by atoms with E-state index in [0.717, 1.165) is 5.56 Å². The fourth-order valence-electron chi connectivity index (χ4n) is 1.84. The standard InChI is InChI=1S/C15H13BrN4O/c16-13-5-2-8-19-14(13)15(21)20(9-3-6-17)11-12-4-1-7-18-10-12/h1-2,4-5,7-8,10H,3,9,11H2. The molecule has 0 atom stereocenters. The van der Waals surface area contributed by atoms with E-state index in [1.165, 1.54) is 0 Å². The normalized spacial score (nSPS) is 9.90. The second-order valence-electron chi connectivity index (χ2n) is 4.33. The van der Waals surface area contributed by atoms with E-state index in [9.17, 15) is 4.79 Å². The van der Waals surface area contributed by atoms with Crippen molar-refractivity contribution in [3.8, 4) is 6.07 Å². The highest BCUT2D eigenvalue weighted by molar-refractivity contribution is 9.10. The number of aromatic nitrogens is 2. The molecule has 1 amide bonds. The molecule has 0 saturated heterocycles. The summed E-state index contributed by atoms with van der Waals surface area (Å²) in [7, 11) is 0. The Morgan fingerprint density at radius 1 is 1.33 bits per heavy atom. The van der Waals surface area contributed by atoms with Crippen LogP contribution >= 0.6 is 15.9 Å². The van der Waals surface area contributed by atoms with Gasteiger partial charge in [-0.25, -0.2) is 4.98 Å². The number of hydrogen-bond acceptors (Lipinski definition) is 4. The predicted molar refractivity (Wildman–Crippen MR) is 81.1 cm³/mol. The van der Waals surface area contributed by atoms with Crippen LogP contribution in [0.25, 0.3) is 0 Å². The molecule has 0 saturated carbocycles. The summed E-state index contributed by atoms with van der Waals surface area (Å²) in [6, 6.07) is 9.30. The topological polar surface area (TPSA) is 69.9 Å². The van der Waals surface area contributed by atoms with E-state index in [0.29, 0.717) is 23.3 Å². The van der Waals surface area contributed by atoms with Gasteiger partial charge in [-0.15, -0.1) is 0 Å². The van der Waals surface area contributed by atoms with Crippen molar-refractivity contribution in [3.05, 3.63) is 58.6 Å². The van der Waals surface area contributed by atoms with Gasteiger partial charge in [-0.1, -0.05) is 6.07 Å². The van der Waals surface area contributed by atoms with Gasteiger partial charge in [0.05, 0.1) is 12.5 Å². The summed E-state index contributed by atoms with van der Waals surface area (Å²) in [5.41, 5.74) is 1.26. The Hall–Kier alpha value is -2.26. The average Bonchev–Trinajstić information content (AvgIpc) is 2.52. The Morgan fingerprint density at radius 3 is 2.81 bits per heavy atom. The summed E-state index contributed by atoms with van der Waals surface area (Å²) in [6.45, 7) is 0.755. The fourth-order valence-corrected chi connectivity index (χ4v) is 2.27. The molecule has 21 heavy (non-hydrogen) atoms. The Labute approximate surface area is 131 Å². The molecule has 0 radical (unpaired) electrons. The van der Waals surface area contributed by atoms with Gasteiger partial charge in [0.2, 0.25) is 0 Å².